The number of tetrazole rings is 1. The van der Waals surface area contributed by atoms with Gasteiger partial charge in [0.15, 0.2) is 0 Å². The van der Waals surface area contributed by atoms with Crippen molar-refractivity contribution in [3.05, 3.63) is 54.4 Å². The van der Waals surface area contributed by atoms with Crippen LogP contribution >= 0.6 is 11.9 Å². The zero-order valence-corrected chi connectivity index (χ0v) is 14.3. The number of nitrogens with one attached hydrogen (secondary N) is 1. The van der Waals surface area contributed by atoms with E-state index in [4.69, 9.17) is 0 Å². The van der Waals surface area contributed by atoms with Crippen LogP contribution in [0.15, 0.2) is 53.7 Å². The number of hydrogen-bond acceptors (Lipinski definition) is 8. The lowest BCUT2D eigenvalue weighted by Crippen LogP contribution is -2.17. The Labute approximate surface area is 148 Å². The SMILES string of the molecule is COC(=O)CNSc1ccc(-c2nnn(Cc3ccncc3)n2)cc1. The molecule has 0 saturated carbocycles. The lowest BCUT2D eigenvalue weighted by atomic mass is 10.2. The minimum atomic E-state index is -0.306. The highest BCUT2D eigenvalue weighted by atomic mass is 32.2. The number of carbonyl (C=O) groups is 1. The summed E-state index contributed by atoms with van der Waals surface area (Å²) in [6.45, 7) is 0.689. The highest BCUT2D eigenvalue weighted by Crippen LogP contribution is 2.20. The van der Waals surface area contributed by atoms with Gasteiger partial charge in [0.1, 0.15) is 6.54 Å². The number of methoxy groups -OCH3 is 1. The molecule has 0 bridgehead atoms. The van der Waals surface area contributed by atoms with E-state index in [2.05, 4.69) is 29.9 Å². The van der Waals surface area contributed by atoms with Gasteiger partial charge < -0.3 is 4.74 Å². The second-order valence-corrected chi connectivity index (χ2v) is 5.99. The van der Waals surface area contributed by atoms with Gasteiger partial charge in [0.25, 0.3) is 0 Å². The van der Waals surface area contributed by atoms with Crippen LogP contribution in [0.5, 0.6) is 0 Å². The number of esters is 1. The van der Waals surface area contributed by atoms with Crippen LogP contribution < -0.4 is 4.72 Å². The van der Waals surface area contributed by atoms with Crippen LogP contribution in [-0.4, -0.2) is 44.8 Å². The molecule has 0 saturated heterocycles. The first kappa shape index (κ1) is 17.1. The standard InChI is InChI=1S/C16H16N6O2S/c1-24-15(23)10-18-25-14-4-2-13(3-5-14)16-19-21-22(20-16)11-12-6-8-17-9-7-12/h2-9,18H,10-11H2,1H3. The first-order valence-electron chi connectivity index (χ1n) is 7.48. The van der Waals surface area contributed by atoms with Gasteiger partial charge in [-0.3, -0.25) is 9.78 Å². The topological polar surface area (TPSA) is 94.8 Å². The van der Waals surface area contributed by atoms with E-state index in [1.165, 1.54) is 19.1 Å². The third kappa shape index (κ3) is 4.85. The molecule has 3 aromatic rings. The number of carbonyl (C=O) groups excluding carboxylic acids is 1. The van der Waals surface area contributed by atoms with Gasteiger partial charge in [-0.15, -0.1) is 10.2 Å². The van der Waals surface area contributed by atoms with E-state index < -0.39 is 0 Å². The number of aromatic nitrogens is 5. The molecule has 2 aromatic heterocycles. The molecule has 0 fully saturated rings. The Hall–Kier alpha value is -2.78. The van der Waals surface area contributed by atoms with E-state index in [1.807, 2.05) is 36.4 Å². The quantitative estimate of drug-likeness (QED) is 0.503. The Balaban J connectivity index is 1.60. The third-order valence-electron chi connectivity index (χ3n) is 3.27. The summed E-state index contributed by atoms with van der Waals surface area (Å²) in [7, 11) is 1.36. The van der Waals surface area contributed by atoms with Crippen molar-refractivity contribution in [2.45, 2.75) is 11.4 Å². The molecule has 0 amide bonds. The zero-order valence-electron chi connectivity index (χ0n) is 13.5. The fourth-order valence-corrected chi connectivity index (χ4v) is 2.63. The summed E-state index contributed by atoms with van der Waals surface area (Å²) < 4.78 is 7.50. The molecule has 1 N–H and O–H groups in total. The molecule has 128 valence electrons. The van der Waals surface area contributed by atoms with Crippen molar-refractivity contribution in [3.8, 4) is 11.4 Å². The average Bonchev–Trinajstić information content (AvgIpc) is 3.11. The van der Waals surface area contributed by atoms with Crippen molar-refractivity contribution in [2.75, 3.05) is 13.7 Å². The molecule has 0 aliphatic heterocycles. The van der Waals surface area contributed by atoms with Crippen LogP contribution in [0.1, 0.15) is 5.56 Å². The minimum absolute atomic E-state index is 0.147. The molecule has 1 aromatic carbocycles. The van der Waals surface area contributed by atoms with Crippen molar-refractivity contribution in [2.24, 2.45) is 0 Å². The molecule has 0 radical (unpaired) electrons. The van der Waals surface area contributed by atoms with E-state index in [1.54, 1.807) is 17.2 Å². The van der Waals surface area contributed by atoms with Gasteiger partial charge in [0.2, 0.25) is 5.82 Å². The maximum Gasteiger partial charge on any atom is 0.320 e. The van der Waals surface area contributed by atoms with Gasteiger partial charge >= 0.3 is 5.97 Å². The van der Waals surface area contributed by atoms with Crippen molar-refractivity contribution in [1.82, 2.24) is 29.9 Å². The van der Waals surface area contributed by atoms with Crippen molar-refractivity contribution in [3.63, 3.8) is 0 Å². The van der Waals surface area contributed by atoms with Crippen molar-refractivity contribution < 1.29 is 9.53 Å². The predicted octanol–water partition coefficient (Wildman–Crippen LogP) is 1.55. The number of pyridine rings is 1. The normalized spacial score (nSPS) is 10.6. The molecule has 9 heteroatoms. The predicted molar refractivity (Wildman–Crippen MR) is 92.5 cm³/mol. The second-order valence-electron chi connectivity index (χ2n) is 5.02. The minimum Gasteiger partial charge on any atom is -0.468 e. The fourth-order valence-electron chi connectivity index (χ4n) is 2.00. The van der Waals surface area contributed by atoms with E-state index in [0.717, 1.165) is 16.0 Å². The highest BCUT2D eigenvalue weighted by molar-refractivity contribution is 7.97. The molecule has 0 atom stereocenters. The third-order valence-corrected chi connectivity index (χ3v) is 4.07. The molecule has 0 spiro atoms. The van der Waals surface area contributed by atoms with Gasteiger partial charge in [0.05, 0.1) is 13.7 Å². The van der Waals surface area contributed by atoms with Crippen molar-refractivity contribution >= 4 is 17.9 Å². The Morgan fingerprint density at radius 2 is 1.96 bits per heavy atom. The number of ether oxygens (including phenoxy) is 1. The molecule has 0 unspecified atom stereocenters. The number of benzene rings is 1. The molecular formula is C16H16N6O2S. The molecule has 2 heterocycles. The van der Waals surface area contributed by atoms with E-state index in [9.17, 15) is 4.79 Å². The van der Waals surface area contributed by atoms with Crippen molar-refractivity contribution in [1.29, 1.82) is 0 Å². The highest BCUT2D eigenvalue weighted by Gasteiger charge is 2.07. The summed E-state index contributed by atoms with van der Waals surface area (Å²) in [5.41, 5.74) is 1.93. The summed E-state index contributed by atoms with van der Waals surface area (Å²) in [5.74, 6) is 0.257. The number of rotatable bonds is 7. The number of hydrogen-bond donors (Lipinski definition) is 1. The number of nitrogens with zero attached hydrogens (tertiary/aromatic N) is 5. The van der Waals surface area contributed by atoms with Gasteiger partial charge in [-0.25, -0.2) is 4.72 Å². The van der Waals surface area contributed by atoms with E-state index in [-0.39, 0.29) is 12.5 Å². The Morgan fingerprint density at radius 1 is 1.20 bits per heavy atom. The fraction of sp³-hybridized carbons (Fsp3) is 0.188. The van der Waals surface area contributed by atoms with E-state index >= 15 is 0 Å². The summed E-state index contributed by atoms with van der Waals surface area (Å²) in [6.07, 6.45) is 3.47. The summed E-state index contributed by atoms with van der Waals surface area (Å²) in [6, 6.07) is 11.5. The second kappa shape index (κ2) is 8.36. The van der Waals surface area contributed by atoms with Crippen LogP contribution in [0, 0.1) is 0 Å². The zero-order chi connectivity index (χ0) is 17.5. The van der Waals surface area contributed by atoms with Gasteiger partial charge in [-0.05, 0) is 59.1 Å². The van der Waals surface area contributed by atoms with Gasteiger partial charge in [-0.1, -0.05) is 0 Å². The molecule has 25 heavy (non-hydrogen) atoms. The lowest BCUT2D eigenvalue weighted by Gasteiger charge is -2.03. The summed E-state index contributed by atoms with van der Waals surface area (Å²) in [4.78, 5) is 17.5. The van der Waals surface area contributed by atoms with Gasteiger partial charge in [0, 0.05) is 22.9 Å². The summed E-state index contributed by atoms with van der Waals surface area (Å²) in [5, 5.41) is 12.6. The summed E-state index contributed by atoms with van der Waals surface area (Å²) >= 11 is 1.36. The molecule has 0 aliphatic carbocycles. The smallest absolute Gasteiger partial charge is 0.320 e. The van der Waals surface area contributed by atoms with Crippen LogP contribution in [0.25, 0.3) is 11.4 Å². The lowest BCUT2D eigenvalue weighted by molar-refractivity contribution is -0.139. The van der Waals surface area contributed by atoms with Crippen LogP contribution in [0.4, 0.5) is 0 Å². The average molecular weight is 356 g/mol. The Kier molecular flexibility index (Phi) is 5.70. The first-order valence-corrected chi connectivity index (χ1v) is 8.30. The van der Waals surface area contributed by atoms with Crippen LogP contribution in [-0.2, 0) is 16.1 Å². The Bertz CT molecular complexity index is 822. The molecule has 8 nitrogen and oxygen atoms in total. The van der Waals surface area contributed by atoms with Gasteiger partial charge in [-0.2, -0.15) is 4.80 Å². The maximum absolute atomic E-state index is 11.0. The molecule has 0 aliphatic rings. The maximum atomic E-state index is 11.0. The molecule has 3 rings (SSSR count). The Morgan fingerprint density at radius 3 is 2.68 bits per heavy atom. The largest absolute Gasteiger partial charge is 0.468 e. The van der Waals surface area contributed by atoms with Crippen LogP contribution in [0.3, 0.4) is 0 Å². The first-order chi connectivity index (χ1) is 12.2. The monoisotopic (exact) mass is 356 g/mol. The molecular weight excluding hydrogens is 340 g/mol. The van der Waals surface area contributed by atoms with Crippen LogP contribution in [0.2, 0.25) is 0 Å². The van der Waals surface area contributed by atoms with E-state index in [0.29, 0.717) is 12.4 Å².